The van der Waals surface area contributed by atoms with Gasteiger partial charge in [-0.2, -0.15) is 0 Å². The van der Waals surface area contributed by atoms with Gasteiger partial charge in [0.25, 0.3) is 11.8 Å². The zero-order valence-electron chi connectivity index (χ0n) is 16.1. The molecule has 4 aromatic rings. The molecule has 0 atom stereocenters. The third-order valence-electron chi connectivity index (χ3n) is 4.47. The first-order chi connectivity index (χ1) is 14.6. The van der Waals surface area contributed by atoms with Gasteiger partial charge < -0.3 is 10.2 Å². The third kappa shape index (κ3) is 4.29. The minimum Gasteiger partial charge on any atom is -0.345 e. The molecule has 3 heterocycles. The minimum atomic E-state index is -0.253. The van der Waals surface area contributed by atoms with Gasteiger partial charge in [0.2, 0.25) is 0 Å². The first-order valence-corrected chi connectivity index (χ1v) is 10.9. The SMILES string of the molecule is CN(C(=O)c1cccs1)c1ccccc1C(=O)NCc1nc(-c2ccncc2)cs1. The second-order valence-electron chi connectivity index (χ2n) is 6.40. The van der Waals surface area contributed by atoms with E-state index in [9.17, 15) is 9.59 Å². The van der Waals surface area contributed by atoms with Crippen molar-refractivity contribution in [3.05, 3.63) is 87.1 Å². The monoisotopic (exact) mass is 434 g/mol. The fraction of sp³-hybridized carbons (Fsp3) is 0.0909. The Labute approximate surface area is 181 Å². The Morgan fingerprint density at radius 1 is 1.03 bits per heavy atom. The molecule has 0 radical (unpaired) electrons. The summed E-state index contributed by atoms with van der Waals surface area (Å²) in [7, 11) is 1.68. The lowest BCUT2D eigenvalue weighted by atomic mass is 10.1. The van der Waals surface area contributed by atoms with E-state index in [0.29, 0.717) is 22.7 Å². The number of nitrogens with zero attached hydrogens (tertiary/aromatic N) is 3. The Morgan fingerprint density at radius 2 is 1.83 bits per heavy atom. The molecule has 2 amide bonds. The number of hydrogen-bond acceptors (Lipinski definition) is 6. The van der Waals surface area contributed by atoms with E-state index >= 15 is 0 Å². The van der Waals surface area contributed by atoms with Gasteiger partial charge in [0.05, 0.1) is 28.4 Å². The van der Waals surface area contributed by atoms with Crippen LogP contribution in [0.2, 0.25) is 0 Å². The zero-order chi connectivity index (χ0) is 20.9. The Morgan fingerprint density at radius 3 is 2.60 bits per heavy atom. The number of benzene rings is 1. The van der Waals surface area contributed by atoms with E-state index in [1.807, 2.05) is 35.0 Å². The maximum atomic E-state index is 12.9. The van der Waals surface area contributed by atoms with E-state index < -0.39 is 0 Å². The average molecular weight is 435 g/mol. The topological polar surface area (TPSA) is 75.2 Å². The highest BCUT2D eigenvalue weighted by Gasteiger charge is 2.20. The maximum absolute atomic E-state index is 12.9. The highest BCUT2D eigenvalue weighted by molar-refractivity contribution is 7.12. The standard InChI is InChI=1S/C22H18N4O2S2/c1-26(22(28)19-7-4-12-29-19)18-6-3-2-5-16(18)21(27)24-13-20-25-17(14-30-20)15-8-10-23-11-9-15/h2-12,14H,13H2,1H3,(H,24,27). The average Bonchev–Trinajstić information content (AvgIpc) is 3.49. The number of thiazole rings is 1. The predicted molar refractivity (Wildman–Crippen MR) is 120 cm³/mol. The molecule has 150 valence electrons. The van der Waals surface area contributed by atoms with Crippen LogP contribution in [0, 0.1) is 0 Å². The van der Waals surface area contributed by atoms with Crippen molar-refractivity contribution in [2.45, 2.75) is 6.54 Å². The van der Waals surface area contributed by atoms with Crippen LogP contribution in [0.1, 0.15) is 25.0 Å². The molecule has 1 N–H and O–H groups in total. The number of nitrogens with one attached hydrogen (secondary N) is 1. The smallest absolute Gasteiger partial charge is 0.268 e. The normalized spacial score (nSPS) is 10.6. The van der Waals surface area contributed by atoms with Crippen LogP contribution in [0.3, 0.4) is 0 Å². The van der Waals surface area contributed by atoms with Gasteiger partial charge in [0.15, 0.2) is 0 Å². The molecule has 3 aromatic heterocycles. The van der Waals surface area contributed by atoms with Crippen LogP contribution in [0.15, 0.2) is 71.7 Å². The summed E-state index contributed by atoms with van der Waals surface area (Å²) in [4.78, 5) is 36.3. The molecule has 8 heteroatoms. The number of carbonyl (C=O) groups is 2. The molecule has 4 rings (SSSR count). The van der Waals surface area contributed by atoms with Gasteiger partial charge in [-0.15, -0.1) is 22.7 Å². The fourth-order valence-electron chi connectivity index (χ4n) is 2.93. The highest BCUT2D eigenvalue weighted by Crippen LogP contribution is 2.24. The predicted octanol–water partition coefficient (Wildman–Crippen LogP) is 4.47. The molecule has 0 unspecified atom stereocenters. The number of amides is 2. The van der Waals surface area contributed by atoms with E-state index in [4.69, 9.17) is 0 Å². The number of thiophene rings is 1. The third-order valence-corrected chi connectivity index (χ3v) is 6.18. The number of aromatic nitrogens is 2. The number of rotatable bonds is 6. The summed E-state index contributed by atoms with van der Waals surface area (Å²) in [5, 5.41) is 7.52. The number of para-hydroxylation sites is 1. The first kappa shape index (κ1) is 19.9. The molecular weight excluding hydrogens is 416 g/mol. The van der Waals surface area contributed by atoms with E-state index in [2.05, 4.69) is 15.3 Å². The van der Waals surface area contributed by atoms with Gasteiger partial charge in [-0.05, 0) is 35.7 Å². The van der Waals surface area contributed by atoms with Crippen LogP contribution < -0.4 is 10.2 Å². The molecule has 0 aliphatic rings. The van der Waals surface area contributed by atoms with Crippen molar-refractivity contribution in [3.8, 4) is 11.3 Å². The Hall–Kier alpha value is -3.36. The van der Waals surface area contributed by atoms with Gasteiger partial charge in [-0.25, -0.2) is 4.98 Å². The second kappa shape index (κ2) is 8.98. The second-order valence-corrected chi connectivity index (χ2v) is 8.29. The molecule has 0 aliphatic heterocycles. The van der Waals surface area contributed by atoms with Gasteiger partial charge in [0, 0.05) is 30.4 Å². The molecule has 0 aliphatic carbocycles. The summed E-state index contributed by atoms with van der Waals surface area (Å²) in [6.07, 6.45) is 3.45. The van der Waals surface area contributed by atoms with E-state index in [0.717, 1.165) is 16.3 Å². The Kier molecular flexibility index (Phi) is 5.97. The van der Waals surface area contributed by atoms with Crippen LogP contribution in [0.5, 0.6) is 0 Å². The lowest BCUT2D eigenvalue weighted by molar-refractivity contribution is 0.0951. The molecule has 0 saturated heterocycles. The van der Waals surface area contributed by atoms with Crippen molar-refractivity contribution in [1.29, 1.82) is 0 Å². The number of anilines is 1. The fourth-order valence-corrected chi connectivity index (χ4v) is 4.37. The van der Waals surface area contributed by atoms with Crippen molar-refractivity contribution in [2.75, 3.05) is 11.9 Å². The van der Waals surface area contributed by atoms with Crippen molar-refractivity contribution in [1.82, 2.24) is 15.3 Å². The molecular formula is C22H18N4O2S2. The highest BCUT2D eigenvalue weighted by atomic mass is 32.1. The van der Waals surface area contributed by atoms with Crippen molar-refractivity contribution >= 4 is 40.2 Å². The largest absolute Gasteiger partial charge is 0.345 e. The van der Waals surface area contributed by atoms with Gasteiger partial charge in [-0.1, -0.05) is 18.2 Å². The summed E-state index contributed by atoms with van der Waals surface area (Å²) in [5.41, 5.74) is 2.84. The first-order valence-electron chi connectivity index (χ1n) is 9.17. The quantitative estimate of drug-likeness (QED) is 0.486. The summed E-state index contributed by atoms with van der Waals surface area (Å²) in [6.45, 7) is 0.311. The van der Waals surface area contributed by atoms with E-state index in [1.165, 1.54) is 27.6 Å². The van der Waals surface area contributed by atoms with Crippen LogP contribution in [0.4, 0.5) is 5.69 Å². The molecule has 1 aromatic carbocycles. The zero-order valence-corrected chi connectivity index (χ0v) is 17.7. The van der Waals surface area contributed by atoms with Gasteiger partial charge in [-0.3, -0.25) is 14.6 Å². The molecule has 0 saturated carbocycles. The van der Waals surface area contributed by atoms with Crippen LogP contribution in [0.25, 0.3) is 11.3 Å². The maximum Gasteiger partial charge on any atom is 0.268 e. The summed E-state index contributed by atoms with van der Waals surface area (Å²) < 4.78 is 0. The minimum absolute atomic E-state index is 0.146. The molecule has 30 heavy (non-hydrogen) atoms. The van der Waals surface area contributed by atoms with Gasteiger partial charge in [0.1, 0.15) is 5.01 Å². The Bertz CT molecular complexity index is 1160. The Balaban J connectivity index is 1.47. The van der Waals surface area contributed by atoms with Gasteiger partial charge >= 0.3 is 0 Å². The van der Waals surface area contributed by atoms with Crippen molar-refractivity contribution < 1.29 is 9.59 Å². The lowest BCUT2D eigenvalue weighted by Gasteiger charge is -2.19. The van der Waals surface area contributed by atoms with E-state index in [1.54, 1.807) is 43.7 Å². The van der Waals surface area contributed by atoms with Crippen molar-refractivity contribution in [2.24, 2.45) is 0 Å². The van der Waals surface area contributed by atoms with Crippen LogP contribution in [-0.4, -0.2) is 28.8 Å². The number of pyridine rings is 1. The van der Waals surface area contributed by atoms with Crippen molar-refractivity contribution in [3.63, 3.8) is 0 Å². The number of carbonyl (C=O) groups excluding carboxylic acids is 2. The van der Waals surface area contributed by atoms with Crippen LogP contribution in [-0.2, 0) is 6.54 Å². The summed E-state index contributed by atoms with van der Waals surface area (Å²) in [6, 6.07) is 14.5. The molecule has 0 bridgehead atoms. The van der Waals surface area contributed by atoms with Crippen LogP contribution >= 0.6 is 22.7 Å². The summed E-state index contributed by atoms with van der Waals surface area (Å²) >= 11 is 2.86. The molecule has 6 nitrogen and oxygen atoms in total. The summed E-state index contributed by atoms with van der Waals surface area (Å²) in [5.74, 6) is -0.399. The molecule has 0 spiro atoms. The lowest BCUT2D eigenvalue weighted by Crippen LogP contribution is -2.30. The number of hydrogen-bond donors (Lipinski definition) is 1. The molecule has 0 fully saturated rings. The van der Waals surface area contributed by atoms with E-state index in [-0.39, 0.29) is 11.8 Å².